The van der Waals surface area contributed by atoms with Crippen LogP contribution in [0.25, 0.3) is 44.6 Å². The van der Waals surface area contributed by atoms with E-state index in [1.807, 2.05) is 48.5 Å². The standard InChI is InChI=1S/C29H21ClN6O3S/c1-17-9-10-22(16-32-17)40(38,39)33-15-21-14-24-28(36-29(21)37)35-26(18-6-3-2-4-7-18)27(34-24)20-12-19-8-5-11-31-25(19)23(30)13-20/h2-14,16,33H,15H2,1H3,(H,35,36,37). The highest BCUT2D eigenvalue weighted by atomic mass is 35.5. The van der Waals surface area contributed by atoms with Crippen molar-refractivity contribution in [1.29, 1.82) is 0 Å². The van der Waals surface area contributed by atoms with E-state index in [-0.39, 0.29) is 22.7 Å². The van der Waals surface area contributed by atoms with Crippen LogP contribution in [0.1, 0.15) is 11.3 Å². The smallest absolute Gasteiger partial charge is 0.254 e. The van der Waals surface area contributed by atoms with Gasteiger partial charge in [0.25, 0.3) is 5.56 Å². The van der Waals surface area contributed by atoms with Gasteiger partial charge in [0.1, 0.15) is 10.4 Å². The van der Waals surface area contributed by atoms with Crippen LogP contribution in [0.2, 0.25) is 5.02 Å². The number of H-pyrrole nitrogens is 1. The summed E-state index contributed by atoms with van der Waals surface area (Å²) in [5.74, 6) is 0. The molecule has 0 amide bonds. The molecule has 6 rings (SSSR count). The summed E-state index contributed by atoms with van der Waals surface area (Å²) in [6, 6.07) is 21.6. The second-order valence-corrected chi connectivity index (χ2v) is 11.3. The van der Waals surface area contributed by atoms with Gasteiger partial charge in [-0.2, -0.15) is 0 Å². The fourth-order valence-electron chi connectivity index (χ4n) is 4.34. The molecule has 0 saturated carbocycles. The minimum atomic E-state index is -3.89. The molecule has 4 heterocycles. The van der Waals surface area contributed by atoms with Gasteiger partial charge < -0.3 is 4.98 Å². The fraction of sp³-hybridized carbons (Fsp3) is 0.0690. The zero-order chi connectivity index (χ0) is 27.9. The van der Waals surface area contributed by atoms with Gasteiger partial charge in [-0.3, -0.25) is 14.8 Å². The van der Waals surface area contributed by atoms with Gasteiger partial charge in [0.15, 0.2) is 5.65 Å². The number of hydrogen-bond acceptors (Lipinski definition) is 7. The van der Waals surface area contributed by atoms with Crippen LogP contribution in [-0.2, 0) is 16.6 Å². The average Bonchev–Trinajstić information content (AvgIpc) is 2.96. The average molecular weight is 569 g/mol. The molecule has 0 bridgehead atoms. The first kappa shape index (κ1) is 25.8. The van der Waals surface area contributed by atoms with Crippen molar-refractivity contribution < 1.29 is 8.42 Å². The van der Waals surface area contributed by atoms with Crippen LogP contribution in [0, 0.1) is 6.92 Å². The van der Waals surface area contributed by atoms with Crippen molar-refractivity contribution in [3.8, 4) is 22.5 Å². The number of rotatable bonds is 6. The maximum atomic E-state index is 12.9. The van der Waals surface area contributed by atoms with E-state index in [9.17, 15) is 13.2 Å². The lowest BCUT2D eigenvalue weighted by molar-refractivity contribution is 0.580. The van der Waals surface area contributed by atoms with Crippen LogP contribution in [0.5, 0.6) is 0 Å². The second-order valence-electron chi connectivity index (χ2n) is 9.14. The Labute approximate surface area is 234 Å². The topological polar surface area (TPSA) is 131 Å². The lowest BCUT2D eigenvalue weighted by Crippen LogP contribution is -2.27. The maximum Gasteiger partial charge on any atom is 0.254 e. The van der Waals surface area contributed by atoms with E-state index in [4.69, 9.17) is 21.6 Å². The number of sulfonamides is 1. The zero-order valence-electron chi connectivity index (χ0n) is 21.1. The van der Waals surface area contributed by atoms with Gasteiger partial charge in [-0.15, -0.1) is 0 Å². The molecule has 11 heteroatoms. The number of halogens is 1. The summed E-state index contributed by atoms with van der Waals surface area (Å²) in [7, 11) is -3.89. The van der Waals surface area contributed by atoms with Crippen molar-refractivity contribution in [2.24, 2.45) is 0 Å². The van der Waals surface area contributed by atoms with Crippen LogP contribution >= 0.6 is 11.6 Å². The number of nitrogens with zero attached hydrogens (tertiary/aromatic N) is 4. The number of pyridine rings is 3. The van der Waals surface area contributed by atoms with Crippen LogP contribution in [0.4, 0.5) is 0 Å². The summed E-state index contributed by atoms with van der Waals surface area (Å²) in [6.45, 7) is 1.52. The molecule has 198 valence electrons. The van der Waals surface area contributed by atoms with Gasteiger partial charge in [-0.05, 0) is 43.3 Å². The molecule has 0 aliphatic carbocycles. The minimum Gasteiger partial charge on any atom is -0.305 e. The summed E-state index contributed by atoms with van der Waals surface area (Å²) < 4.78 is 28.0. The van der Waals surface area contributed by atoms with Gasteiger partial charge in [0, 0.05) is 46.7 Å². The highest BCUT2D eigenvalue weighted by molar-refractivity contribution is 7.89. The second kappa shape index (κ2) is 10.2. The quantitative estimate of drug-likeness (QED) is 0.288. The van der Waals surface area contributed by atoms with Crippen molar-refractivity contribution >= 4 is 43.7 Å². The monoisotopic (exact) mass is 568 g/mol. The summed E-state index contributed by atoms with van der Waals surface area (Å²) in [5.41, 5.74) is 4.38. The van der Waals surface area contributed by atoms with Gasteiger partial charge in [-0.1, -0.05) is 48.0 Å². The summed E-state index contributed by atoms with van der Waals surface area (Å²) in [4.78, 5) is 33.8. The number of aromatic amines is 1. The Morgan fingerprint density at radius 3 is 2.48 bits per heavy atom. The van der Waals surface area contributed by atoms with Crippen molar-refractivity contribution in [1.82, 2.24) is 29.6 Å². The Balaban J connectivity index is 1.46. The largest absolute Gasteiger partial charge is 0.305 e. The lowest BCUT2D eigenvalue weighted by atomic mass is 10.0. The third-order valence-corrected chi connectivity index (χ3v) is 8.06. The molecular weight excluding hydrogens is 548 g/mol. The Kier molecular flexibility index (Phi) is 6.59. The first-order valence-corrected chi connectivity index (χ1v) is 14.1. The van der Waals surface area contributed by atoms with Crippen molar-refractivity contribution in [2.75, 3.05) is 0 Å². The molecule has 2 aromatic carbocycles. The van der Waals surface area contributed by atoms with E-state index in [1.54, 1.807) is 31.3 Å². The third-order valence-electron chi connectivity index (χ3n) is 6.38. The van der Waals surface area contributed by atoms with Crippen LogP contribution in [0.3, 0.4) is 0 Å². The summed E-state index contributed by atoms with van der Waals surface area (Å²) >= 11 is 6.59. The molecule has 6 aromatic rings. The SMILES string of the molecule is Cc1ccc(S(=O)(=O)NCc2cc3nc(-c4cc(Cl)c5ncccc5c4)c(-c4ccccc4)nc3[nH]c2=O)cn1. The van der Waals surface area contributed by atoms with Crippen molar-refractivity contribution in [2.45, 2.75) is 18.4 Å². The predicted molar refractivity (Wildman–Crippen MR) is 154 cm³/mol. The summed E-state index contributed by atoms with van der Waals surface area (Å²) in [6.07, 6.45) is 2.95. The molecule has 0 fully saturated rings. The Morgan fingerprint density at radius 2 is 1.70 bits per heavy atom. The van der Waals surface area contributed by atoms with Crippen LogP contribution in [-0.4, -0.2) is 33.3 Å². The minimum absolute atomic E-state index is 0.00701. The van der Waals surface area contributed by atoms with Crippen molar-refractivity contribution in [3.63, 3.8) is 0 Å². The number of hydrogen-bond donors (Lipinski definition) is 2. The van der Waals surface area contributed by atoms with E-state index >= 15 is 0 Å². The van der Waals surface area contributed by atoms with Crippen LogP contribution < -0.4 is 10.3 Å². The van der Waals surface area contributed by atoms with Gasteiger partial charge in [0.2, 0.25) is 10.0 Å². The van der Waals surface area contributed by atoms with Gasteiger partial charge in [0.05, 0.1) is 21.9 Å². The number of benzene rings is 2. The Hall–Kier alpha value is -4.51. The van der Waals surface area contributed by atoms with E-state index in [1.165, 1.54) is 12.3 Å². The van der Waals surface area contributed by atoms with Gasteiger partial charge >= 0.3 is 0 Å². The Morgan fingerprint density at radius 1 is 0.900 bits per heavy atom. The number of fused-ring (bicyclic) bond motifs is 2. The zero-order valence-corrected chi connectivity index (χ0v) is 22.7. The number of aromatic nitrogens is 5. The normalized spacial score (nSPS) is 11.8. The molecule has 40 heavy (non-hydrogen) atoms. The van der Waals surface area contributed by atoms with E-state index in [0.29, 0.717) is 33.1 Å². The maximum absolute atomic E-state index is 12.9. The molecule has 0 saturated heterocycles. The Bertz CT molecular complexity index is 2070. The third kappa shape index (κ3) is 4.95. The highest BCUT2D eigenvalue weighted by Gasteiger charge is 2.19. The molecule has 0 radical (unpaired) electrons. The first-order valence-electron chi connectivity index (χ1n) is 12.2. The van der Waals surface area contributed by atoms with Gasteiger partial charge in [-0.25, -0.2) is 23.1 Å². The predicted octanol–water partition coefficient (Wildman–Crippen LogP) is 5.04. The molecule has 2 N–H and O–H groups in total. The first-order chi connectivity index (χ1) is 19.3. The number of aryl methyl sites for hydroxylation is 1. The van der Waals surface area contributed by atoms with Crippen LogP contribution in [0.15, 0.2) is 94.9 Å². The number of nitrogens with one attached hydrogen (secondary N) is 2. The molecule has 0 atom stereocenters. The lowest BCUT2D eigenvalue weighted by Gasteiger charge is -2.13. The molecule has 0 spiro atoms. The highest BCUT2D eigenvalue weighted by Crippen LogP contribution is 2.34. The molecule has 9 nitrogen and oxygen atoms in total. The molecular formula is C29H21ClN6O3S. The molecule has 0 aliphatic rings. The summed E-state index contributed by atoms with van der Waals surface area (Å²) in [5, 5.41) is 1.31. The molecule has 4 aromatic heterocycles. The van der Waals surface area contributed by atoms with E-state index in [2.05, 4.69) is 19.7 Å². The molecule has 0 aliphatic heterocycles. The molecule has 0 unspecified atom stereocenters. The van der Waals surface area contributed by atoms with Crippen molar-refractivity contribution in [3.05, 3.63) is 112 Å². The fourth-order valence-corrected chi connectivity index (χ4v) is 5.57. The van der Waals surface area contributed by atoms with E-state index in [0.717, 1.165) is 16.5 Å². The van der Waals surface area contributed by atoms with E-state index < -0.39 is 15.6 Å².